The molecule has 2 nitrogen and oxygen atoms in total. The molecule has 1 unspecified atom stereocenters. The Morgan fingerprint density at radius 1 is 1.50 bits per heavy atom. The molecule has 2 N–H and O–H groups in total. The van der Waals surface area contributed by atoms with E-state index in [1.807, 2.05) is 30.5 Å². The Balaban J connectivity index is 2.57. The Bertz CT molecular complexity index is 283. The first-order valence-corrected chi connectivity index (χ1v) is 6.14. The molecule has 1 rings (SSSR count). The lowest BCUT2D eigenvalue weighted by Crippen LogP contribution is -2.20. The predicted octanol–water partition coefficient (Wildman–Crippen LogP) is 2.42. The van der Waals surface area contributed by atoms with Gasteiger partial charge in [-0.2, -0.15) is 0 Å². The smallest absolute Gasteiger partial charge is 0.0847 e. The summed E-state index contributed by atoms with van der Waals surface area (Å²) in [5.41, 5.74) is 1.05. The van der Waals surface area contributed by atoms with Gasteiger partial charge in [0.25, 0.3) is 0 Å². The second-order valence-corrected chi connectivity index (χ2v) is 4.05. The van der Waals surface area contributed by atoms with E-state index in [9.17, 15) is 5.11 Å². The van der Waals surface area contributed by atoms with Crippen molar-refractivity contribution in [3.63, 3.8) is 0 Å². The molecule has 0 aromatic heterocycles. The normalized spacial score (nSPS) is 12.5. The third-order valence-electron chi connectivity index (χ3n) is 1.81. The van der Waals surface area contributed by atoms with E-state index in [0.29, 0.717) is 6.54 Å². The average molecular weight is 232 g/mol. The predicted molar refractivity (Wildman–Crippen MR) is 63.4 cm³/mol. The van der Waals surface area contributed by atoms with Gasteiger partial charge in [0.05, 0.1) is 12.0 Å². The minimum Gasteiger partial charge on any atom is -0.390 e. The molecule has 0 spiro atoms. The average Bonchev–Trinajstić information content (AvgIpc) is 2.26. The number of anilines is 1. The molecule has 0 amide bonds. The van der Waals surface area contributed by atoms with Gasteiger partial charge in [0.2, 0.25) is 0 Å². The van der Waals surface area contributed by atoms with Gasteiger partial charge in [-0.3, -0.25) is 0 Å². The zero-order valence-electron chi connectivity index (χ0n) is 8.03. The summed E-state index contributed by atoms with van der Waals surface area (Å²) >= 11 is 7.17. The minimum absolute atomic E-state index is 0.258. The number of benzene rings is 1. The third kappa shape index (κ3) is 3.40. The van der Waals surface area contributed by atoms with Crippen LogP contribution in [0.4, 0.5) is 5.69 Å². The van der Waals surface area contributed by atoms with Gasteiger partial charge in [-0.25, -0.2) is 0 Å². The summed E-state index contributed by atoms with van der Waals surface area (Å²) in [5.74, 6) is 0.258. The van der Waals surface area contributed by atoms with Crippen LogP contribution in [0.5, 0.6) is 0 Å². The summed E-state index contributed by atoms with van der Waals surface area (Å²) in [5, 5.41) is 12.4. The van der Waals surface area contributed by atoms with Crippen LogP contribution in [0.1, 0.15) is 0 Å². The highest BCUT2D eigenvalue weighted by Gasteiger charge is 2.03. The maximum Gasteiger partial charge on any atom is 0.0847 e. The number of hydrogen-bond acceptors (Lipinski definition) is 3. The molecule has 0 aliphatic rings. The molecule has 0 aliphatic heterocycles. The van der Waals surface area contributed by atoms with Gasteiger partial charge in [0.1, 0.15) is 0 Å². The number of thioether (sulfide) groups is 1. The van der Waals surface area contributed by atoms with Crippen LogP contribution in [0, 0.1) is 0 Å². The van der Waals surface area contributed by atoms with E-state index in [4.69, 9.17) is 11.6 Å². The number of alkyl halides is 1. The van der Waals surface area contributed by atoms with Crippen molar-refractivity contribution in [2.45, 2.75) is 11.0 Å². The molecule has 4 heteroatoms. The van der Waals surface area contributed by atoms with Crippen LogP contribution in [0.3, 0.4) is 0 Å². The maximum atomic E-state index is 9.28. The molecular weight excluding hydrogens is 218 g/mol. The molecule has 1 atom stereocenters. The van der Waals surface area contributed by atoms with E-state index < -0.39 is 6.10 Å². The van der Waals surface area contributed by atoms with Crippen LogP contribution < -0.4 is 5.32 Å². The van der Waals surface area contributed by atoms with Gasteiger partial charge in [0.15, 0.2) is 0 Å². The topological polar surface area (TPSA) is 32.3 Å². The zero-order valence-corrected chi connectivity index (χ0v) is 9.61. The number of halogens is 1. The van der Waals surface area contributed by atoms with Gasteiger partial charge in [-0.05, 0) is 18.4 Å². The minimum atomic E-state index is -0.494. The van der Waals surface area contributed by atoms with Crippen molar-refractivity contribution in [2.75, 3.05) is 24.0 Å². The number of rotatable bonds is 5. The Morgan fingerprint density at radius 3 is 2.86 bits per heavy atom. The Hall–Kier alpha value is -0.380. The molecule has 78 valence electrons. The lowest BCUT2D eigenvalue weighted by molar-refractivity contribution is 0.211. The van der Waals surface area contributed by atoms with Gasteiger partial charge >= 0.3 is 0 Å². The zero-order chi connectivity index (χ0) is 10.4. The summed E-state index contributed by atoms with van der Waals surface area (Å²) < 4.78 is 0. The summed E-state index contributed by atoms with van der Waals surface area (Å²) in [7, 11) is 0. The fourth-order valence-corrected chi connectivity index (χ4v) is 1.76. The first-order chi connectivity index (χ1) is 6.77. The molecule has 14 heavy (non-hydrogen) atoms. The summed E-state index contributed by atoms with van der Waals surface area (Å²) in [6, 6.07) is 8.00. The molecular formula is C10H14ClNOS. The van der Waals surface area contributed by atoms with Crippen LogP contribution >= 0.6 is 23.4 Å². The molecule has 0 bridgehead atoms. The summed E-state index contributed by atoms with van der Waals surface area (Å²) in [6.07, 6.45) is 1.53. The van der Waals surface area contributed by atoms with Crippen molar-refractivity contribution in [3.05, 3.63) is 24.3 Å². The van der Waals surface area contributed by atoms with Crippen molar-refractivity contribution in [2.24, 2.45) is 0 Å². The third-order valence-corrected chi connectivity index (χ3v) is 2.97. The van der Waals surface area contributed by atoms with Gasteiger partial charge < -0.3 is 10.4 Å². The quantitative estimate of drug-likeness (QED) is 0.603. The number of hydrogen-bond donors (Lipinski definition) is 2. The van der Waals surface area contributed by atoms with Crippen LogP contribution in [-0.2, 0) is 0 Å². The number of aliphatic hydroxyl groups is 1. The molecule has 0 radical (unpaired) electrons. The van der Waals surface area contributed by atoms with Crippen LogP contribution in [-0.4, -0.2) is 29.9 Å². The monoisotopic (exact) mass is 231 g/mol. The molecule has 0 saturated carbocycles. The van der Waals surface area contributed by atoms with E-state index in [1.165, 1.54) is 4.90 Å². The van der Waals surface area contributed by atoms with Crippen molar-refractivity contribution in [1.29, 1.82) is 0 Å². The number of nitrogens with one attached hydrogen (secondary N) is 1. The molecule has 1 aromatic rings. The van der Waals surface area contributed by atoms with Crippen LogP contribution in [0.2, 0.25) is 0 Å². The number of para-hydroxylation sites is 1. The van der Waals surface area contributed by atoms with Crippen LogP contribution in [0.25, 0.3) is 0 Å². The second kappa shape index (κ2) is 6.17. The van der Waals surface area contributed by atoms with Crippen molar-refractivity contribution >= 4 is 29.1 Å². The highest BCUT2D eigenvalue weighted by Crippen LogP contribution is 2.24. The van der Waals surface area contributed by atoms with E-state index in [-0.39, 0.29) is 5.88 Å². The summed E-state index contributed by atoms with van der Waals surface area (Å²) in [6.45, 7) is 0.487. The van der Waals surface area contributed by atoms with E-state index >= 15 is 0 Å². The van der Waals surface area contributed by atoms with Crippen molar-refractivity contribution in [1.82, 2.24) is 0 Å². The van der Waals surface area contributed by atoms with Gasteiger partial charge in [-0.1, -0.05) is 12.1 Å². The highest BCUT2D eigenvalue weighted by molar-refractivity contribution is 7.98. The van der Waals surface area contributed by atoms with Crippen LogP contribution in [0.15, 0.2) is 29.2 Å². The first kappa shape index (κ1) is 11.7. The molecule has 0 aliphatic carbocycles. The Labute approximate surface area is 93.7 Å². The van der Waals surface area contributed by atoms with E-state index in [0.717, 1.165) is 5.69 Å². The molecule has 0 heterocycles. The first-order valence-electron chi connectivity index (χ1n) is 4.39. The molecule has 1 aromatic carbocycles. The highest BCUT2D eigenvalue weighted by atomic mass is 35.5. The maximum absolute atomic E-state index is 9.28. The molecule has 0 fully saturated rings. The lowest BCUT2D eigenvalue weighted by atomic mass is 10.3. The SMILES string of the molecule is CSc1ccccc1NCC(O)CCl. The lowest BCUT2D eigenvalue weighted by Gasteiger charge is -2.12. The van der Waals surface area contributed by atoms with Gasteiger partial charge in [0, 0.05) is 17.1 Å². The molecule has 0 saturated heterocycles. The fourth-order valence-electron chi connectivity index (χ4n) is 1.07. The Kier molecular flexibility index (Phi) is 5.15. The van der Waals surface area contributed by atoms with Crippen molar-refractivity contribution in [3.8, 4) is 0 Å². The standard InChI is InChI=1S/C10H14ClNOS/c1-14-10-5-3-2-4-9(10)12-7-8(13)6-11/h2-5,8,12-13H,6-7H2,1H3. The Morgan fingerprint density at radius 2 is 2.21 bits per heavy atom. The van der Waals surface area contributed by atoms with Crippen molar-refractivity contribution < 1.29 is 5.11 Å². The van der Waals surface area contributed by atoms with Gasteiger partial charge in [-0.15, -0.1) is 23.4 Å². The summed E-state index contributed by atoms with van der Waals surface area (Å²) in [4.78, 5) is 1.18. The number of aliphatic hydroxyl groups excluding tert-OH is 1. The fraction of sp³-hybridized carbons (Fsp3) is 0.400. The largest absolute Gasteiger partial charge is 0.390 e. The van der Waals surface area contributed by atoms with E-state index in [1.54, 1.807) is 11.8 Å². The second-order valence-electron chi connectivity index (χ2n) is 2.89. The van der Waals surface area contributed by atoms with E-state index in [2.05, 4.69) is 5.32 Å².